The molecule has 2 aromatic rings. The zero-order valence-corrected chi connectivity index (χ0v) is 10.4. The zero-order valence-electron chi connectivity index (χ0n) is 8.91. The van der Waals surface area contributed by atoms with Crippen molar-refractivity contribution < 1.29 is 0 Å². The molecule has 0 fully saturated rings. The van der Waals surface area contributed by atoms with E-state index in [9.17, 15) is 0 Å². The maximum atomic E-state index is 5.92. The topological polar surface area (TPSA) is 43.6 Å². The van der Waals surface area contributed by atoms with Crippen molar-refractivity contribution >= 4 is 23.2 Å². The largest absolute Gasteiger partial charge is 0.250 e. The highest BCUT2D eigenvalue weighted by atomic mass is 35.5. The standard InChI is InChI=1S/C10H10Cl2N4/c1-6-8(3-11)4-13-10(14-6)16-5-9(12)7(2)15-16/h4-5H,3H2,1-2H3. The van der Waals surface area contributed by atoms with Gasteiger partial charge in [-0.05, 0) is 13.8 Å². The third-order valence-electron chi connectivity index (χ3n) is 2.26. The van der Waals surface area contributed by atoms with E-state index in [1.54, 1.807) is 17.1 Å². The van der Waals surface area contributed by atoms with Crippen LogP contribution < -0.4 is 0 Å². The molecule has 0 atom stereocenters. The first-order valence-electron chi connectivity index (χ1n) is 4.72. The van der Waals surface area contributed by atoms with Crippen LogP contribution in [0, 0.1) is 13.8 Å². The Morgan fingerprint density at radius 2 is 2.06 bits per heavy atom. The Balaban J connectivity index is 2.45. The molecule has 84 valence electrons. The van der Waals surface area contributed by atoms with Gasteiger partial charge in [-0.25, -0.2) is 14.6 Å². The van der Waals surface area contributed by atoms with Crippen LogP contribution in [-0.2, 0) is 5.88 Å². The van der Waals surface area contributed by atoms with E-state index in [-0.39, 0.29) is 0 Å². The molecule has 0 saturated heterocycles. The summed E-state index contributed by atoms with van der Waals surface area (Å²) in [4.78, 5) is 8.50. The summed E-state index contributed by atoms with van der Waals surface area (Å²) in [6.07, 6.45) is 3.39. The predicted molar refractivity (Wildman–Crippen MR) is 63.2 cm³/mol. The fourth-order valence-electron chi connectivity index (χ4n) is 1.26. The molecule has 0 spiro atoms. The summed E-state index contributed by atoms with van der Waals surface area (Å²) in [7, 11) is 0. The zero-order chi connectivity index (χ0) is 11.7. The van der Waals surface area contributed by atoms with Crippen LogP contribution >= 0.6 is 23.2 Å². The SMILES string of the molecule is Cc1nn(-c2ncc(CCl)c(C)n2)cc1Cl. The van der Waals surface area contributed by atoms with E-state index in [4.69, 9.17) is 23.2 Å². The number of nitrogens with zero attached hydrogens (tertiary/aromatic N) is 4. The molecular formula is C10H10Cl2N4. The van der Waals surface area contributed by atoms with Crippen LogP contribution in [0.3, 0.4) is 0 Å². The summed E-state index contributed by atoms with van der Waals surface area (Å²) in [5, 5.41) is 4.80. The molecule has 2 heterocycles. The summed E-state index contributed by atoms with van der Waals surface area (Å²) in [6, 6.07) is 0. The first-order chi connectivity index (χ1) is 7.61. The lowest BCUT2D eigenvalue weighted by molar-refractivity contribution is 0.786. The van der Waals surface area contributed by atoms with E-state index in [1.165, 1.54) is 0 Å². The number of hydrogen-bond donors (Lipinski definition) is 0. The third-order valence-corrected chi connectivity index (χ3v) is 2.92. The number of aromatic nitrogens is 4. The molecule has 0 aromatic carbocycles. The van der Waals surface area contributed by atoms with Gasteiger partial charge in [0.2, 0.25) is 0 Å². The molecule has 0 aliphatic carbocycles. The summed E-state index contributed by atoms with van der Waals surface area (Å²) >= 11 is 11.7. The molecule has 0 amide bonds. The lowest BCUT2D eigenvalue weighted by atomic mass is 10.3. The molecule has 0 unspecified atom stereocenters. The fraction of sp³-hybridized carbons (Fsp3) is 0.300. The summed E-state index contributed by atoms with van der Waals surface area (Å²) in [5.41, 5.74) is 2.52. The Morgan fingerprint density at radius 3 is 2.56 bits per heavy atom. The van der Waals surface area contributed by atoms with Gasteiger partial charge in [0.15, 0.2) is 0 Å². The van der Waals surface area contributed by atoms with Crippen LogP contribution in [0.25, 0.3) is 5.95 Å². The lowest BCUT2D eigenvalue weighted by Gasteiger charge is -2.03. The Kier molecular flexibility index (Phi) is 3.12. The van der Waals surface area contributed by atoms with Crippen molar-refractivity contribution in [2.75, 3.05) is 0 Å². The van der Waals surface area contributed by atoms with Crippen molar-refractivity contribution in [1.82, 2.24) is 19.7 Å². The second-order valence-electron chi connectivity index (χ2n) is 3.42. The highest BCUT2D eigenvalue weighted by Crippen LogP contribution is 2.15. The summed E-state index contributed by atoms with van der Waals surface area (Å²) < 4.78 is 1.56. The van der Waals surface area contributed by atoms with E-state index in [0.29, 0.717) is 16.9 Å². The summed E-state index contributed by atoms with van der Waals surface area (Å²) in [6.45, 7) is 3.72. The normalized spacial score (nSPS) is 10.8. The van der Waals surface area contributed by atoms with Gasteiger partial charge in [0.25, 0.3) is 5.95 Å². The molecule has 0 bridgehead atoms. The van der Waals surface area contributed by atoms with E-state index >= 15 is 0 Å². The minimum Gasteiger partial charge on any atom is -0.219 e. The van der Waals surface area contributed by atoms with Gasteiger partial charge in [-0.15, -0.1) is 11.6 Å². The second kappa shape index (κ2) is 4.39. The van der Waals surface area contributed by atoms with E-state index < -0.39 is 0 Å². The molecular weight excluding hydrogens is 247 g/mol. The second-order valence-corrected chi connectivity index (χ2v) is 4.10. The van der Waals surface area contributed by atoms with Crippen LogP contribution in [0.2, 0.25) is 5.02 Å². The predicted octanol–water partition coefficient (Wildman–Crippen LogP) is 2.67. The first-order valence-corrected chi connectivity index (χ1v) is 5.63. The van der Waals surface area contributed by atoms with Crippen LogP contribution in [-0.4, -0.2) is 19.7 Å². The Morgan fingerprint density at radius 1 is 1.31 bits per heavy atom. The van der Waals surface area contributed by atoms with Crippen molar-refractivity contribution in [3.8, 4) is 5.95 Å². The molecule has 0 N–H and O–H groups in total. The van der Waals surface area contributed by atoms with E-state index in [0.717, 1.165) is 17.0 Å². The average Bonchev–Trinajstić information content (AvgIpc) is 2.59. The van der Waals surface area contributed by atoms with Crippen LogP contribution in [0.4, 0.5) is 0 Å². The average molecular weight is 257 g/mol. The molecule has 0 aliphatic rings. The van der Waals surface area contributed by atoms with Gasteiger partial charge in [0.1, 0.15) is 0 Å². The van der Waals surface area contributed by atoms with Gasteiger partial charge in [0.05, 0.1) is 22.8 Å². The number of halogens is 2. The smallest absolute Gasteiger partial charge is 0.219 e. The van der Waals surface area contributed by atoms with E-state index in [1.807, 2.05) is 13.8 Å². The van der Waals surface area contributed by atoms with Crippen LogP contribution in [0.15, 0.2) is 12.4 Å². The quantitative estimate of drug-likeness (QED) is 0.777. The van der Waals surface area contributed by atoms with Crippen LogP contribution in [0.5, 0.6) is 0 Å². The van der Waals surface area contributed by atoms with Crippen molar-refractivity contribution in [3.63, 3.8) is 0 Å². The maximum Gasteiger partial charge on any atom is 0.250 e. The van der Waals surface area contributed by atoms with Crippen molar-refractivity contribution in [2.24, 2.45) is 0 Å². The van der Waals surface area contributed by atoms with Gasteiger partial charge in [-0.3, -0.25) is 0 Å². The van der Waals surface area contributed by atoms with Gasteiger partial charge in [-0.1, -0.05) is 11.6 Å². The number of rotatable bonds is 2. The van der Waals surface area contributed by atoms with Gasteiger partial charge in [0, 0.05) is 17.5 Å². The van der Waals surface area contributed by atoms with Crippen molar-refractivity contribution in [1.29, 1.82) is 0 Å². The molecule has 0 saturated carbocycles. The van der Waals surface area contributed by atoms with Gasteiger partial charge in [-0.2, -0.15) is 5.10 Å². The Hall–Kier alpha value is -1.13. The number of hydrogen-bond acceptors (Lipinski definition) is 3. The molecule has 2 aromatic heterocycles. The van der Waals surface area contributed by atoms with Gasteiger partial charge < -0.3 is 0 Å². The molecule has 0 aliphatic heterocycles. The van der Waals surface area contributed by atoms with Crippen LogP contribution in [0.1, 0.15) is 17.0 Å². The minimum atomic E-state index is 0.408. The highest BCUT2D eigenvalue weighted by Gasteiger charge is 2.08. The van der Waals surface area contributed by atoms with E-state index in [2.05, 4.69) is 15.1 Å². The Labute approximate surface area is 103 Å². The highest BCUT2D eigenvalue weighted by molar-refractivity contribution is 6.31. The Bertz CT molecular complexity index is 502. The molecule has 2 rings (SSSR count). The number of aryl methyl sites for hydroxylation is 2. The molecule has 4 nitrogen and oxygen atoms in total. The van der Waals surface area contributed by atoms with Gasteiger partial charge >= 0.3 is 0 Å². The third kappa shape index (κ3) is 2.03. The maximum absolute atomic E-state index is 5.92. The molecule has 0 radical (unpaired) electrons. The summed E-state index contributed by atoms with van der Waals surface area (Å²) in [5.74, 6) is 0.909. The molecule has 16 heavy (non-hydrogen) atoms. The minimum absolute atomic E-state index is 0.408. The van der Waals surface area contributed by atoms with Crippen molar-refractivity contribution in [3.05, 3.63) is 34.4 Å². The first kappa shape index (κ1) is 11.4. The number of alkyl halides is 1. The molecule has 6 heteroatoms. The monoisotopic (exact) mass is 256 g/mol. The fourth-order valence-corrected chi connectivity index (χ4v) is 1.66. The van der Waals surface area contributed by atoms with Crippen molar-refractivity contribution in [2.45, 2.75) is 19.7 Å². The lowest BCUT2D eigenvalue weighted by Crippen LogP contribution is -2.04.